The van der Waals surface area contributed by atoms with Crippen molar-refractivity contribution >= 4 is 5.91 Å². The van der Waals surface area contributed by atoms with Crippen LogP contribution in [0, 0.1) is 6.92 Å². The predicted octanol–water partition coefficient (Wildman–Crippen LogP) is 3.19. The summed E-state index contributed by atoms with van der Waals surface area (Å²) in [7, 11) is 0. The molecule has 0 atom stereocenters. The molecule has 0 heterocycles. The number of nitrogens with one attached hydrogen (secondary N) is 1. The zero-order valence-corrected chi connectivity index (χ0v) is 11.6. The summed E-state index contributed by atoms with van der Waals surface area (Å²) < 4.78 is 5.57. The Bertz CT molecular complexity index is 552. The van der Waals surface area contributed by atoms with Crippen molar-refractivity contribution in [2.45, 2.75) is 13.3 Å². The first-order chi connectivity index (χ1) is 9.77. The smallest absolute Gasteiger partial charge is 0.251 e. The van der Waals surface area contributed by atoms with E-state index in [9.17, 15) is 4.79 Å². The molecule has 0 fully saturated rings. The molecular formula is C17H19NO2. The van der Waals surface area contributed by atoms with Gasteiger partial charge in [-0.05, 0) is 37.1 Å². The van der Waals surface area contributed by atoms with Gasteiger partial charge in [-0.25, -0.2) is 0 Å². The van der Waals surface area contributed by atoms with E-state index in [0.29, 0.717) is 13.2 Å². The van der Waals surface area contributed by atoms with Crippen LogP contribution in [0.5, 0.6) is 5.75 Å². The Morgan fingerprint density at radius 2 is 1.75 bits per heavy atom. The lowest BCUT2D eigenvalue weighted by atomic mass is 10.1. The molecule has 3 heteroatoms. The Hall–Kier alpha value is -2.29. The van der Waals surface area contributed by atoms with E-state index in [1.165, 1.54) is 0 Å². The van der Waals surface area contributed by atoms with Gasteiger partial charge in [-0.2, -0.15) is 0 Å². The SMILES string of the molecule is Cc1ccccc1C(=O)NCCCOc1ccccc1. The molecule has 1 N–H and O–H groups in total. The van der Waals surface area contributed by atoms with Crippen LogP contribution in [0.1, 0.15) is 22.3 Å². The van der Waals surface area contributed by atoms with Gasteiger partial charge >= 0.3 is 0 Å². The second kappa shape index (κ2) is 7.34. The molecule has 0 radical (unpaired) electrons. The number of rotatable bonds is 6. The average Bonchev–Trinajstić information content (AvgIpc) is 2.48. The van der Waals surface area contributed by atoms with Gasteiger partial charge in [-0.15, -0.1) is 0 Å². The summed E-state index contributed by atoms with van der Waals surface area (Å²) >= 11 is 0. The molecule has 0 unspecified atom stereocenters. The van der Waals surface area contributed by atoms with Crippen LogP contribution in [0.25, 0.3) is 0 Å². The minimum atomic E-state index is -0.0252. The molecule has 0 aliphatic heterocycles. The Morgan fingerprint density at radius 3 is 2.50 bits per heavy atom. The topological polar surface area (TPSA) is 38.3 Å². The number of aryl methyl sites for hydroxylation is 1. The van der Waals surface area contributed by atoms with Gasteiger partial charge in [0.2, 0.25) is 0 Å². The van der Waals surface area contributed by atoms with Gasteiger partial charge in [0.15, 0.2) is 0 Å². The quantitative estimate of drug-likeness (QED) is 0.818. The minimum Gasteiger partial charge on any atom is -0.494 e. The highest BCUT2D eigenvalue weighted by Gasteiger charge is 2.06. The molecule has 0 saturated heterocycles. The standard InChI is InChI=1S/C17H19NO2/c1-14-8-5-6-11-16(14)17(19)18-12-7-13-20-15-9-3-2-4-10-15/h2-6,8-11H,7,12-13H2,1H3,(H,18,19). The van der Waals surface area contributed by atoms with Crippen molar-refractivity contribution in [3.63, 3.8) is 0 Å². The second-order valence-corrected chi connectivity index (χ2v) is 4.59. The number of amides is 1. The Balaban J connectivity index is 1.69. The maximum absolute atomic E-state index is 11.9. The molecule has 2 rings (SSSR count). The Morgan fingerprint density at radius 1 is 1.05 bits per heavy atom. The van der Waals surface area contributed by atoms with Crippen LogP contribution in [0.15, 0.2) is 54.6 Å². The Kier molecular flexibility index (Phi) is 5.18. The maximum atomic E-state index is 11.9. The summed E-state index contributed by atoms with van der Waals surface area (Å²) in [6, 6.07) is 17.3. The molecule has 0 bridgehead atoms. The number of benzene rings is 2. The van der Waals surface area contributed by atoms with Crippen LogP contribution in [0.3, 0.4) is 0 Å². The van der Waals surface area contributed by atoms with Crippen LogP contribution in [0.4, 0.5) is 0 Å². The van der Waals surface area contributed by atoms with Gasteiger partial charge < -0.3 is 10.1 Å². The first-order valence-electron chi connectivity index (χ1n) is 6.79. The van der Waals surface area contributed by atoms with E-state index in [2.05, 4.69) is 5.32 Å². The van der Waals surface area contributed by atoms with E-state index in [1.807, 2.05) is 61.5 Å². The zero-order chi connectivity index (χ0) is 14.2. The van der Waals surface area contributed by atoms with Gasteiger partial charge in [-0.3, -0.25) is 4.79 Å². The molecule has 2 aromatic carbocycles. The van der Waals surface area contributed by atoms with Crippen LogP contribution in [0.2, 0.25) is 0 Å². The third kappa shape index (κ3) is 4.12. The summed E-state index contributed by atoms with van der Waals surface area (Å²) in [6.07, 6.45) is 0.784. The fourth-order valence-electron chi connectivity index (χ4n) is 1.90. The average molecular weight is 269 g/mol. The van der Waals surface area contributed by atoms with E-state index in [4.69, 9.17) is 4.74 Å². The summed E-state index contributed by atoms with van der Waals surface area (Å²) in [6.45, 7) is 3.14. The van der Waals surface area contributed by atoms with Crippen molar-refractivity contribution < 1.29 is 9.53 Å². The highest BCUT2D eigenvalue weighted by Crippen LogP contribution is 2.08. The third-order valence-corrected chi connectivity index (χ3v) is 3.01. The molecule has 2 aromatic rings. The number of hydrogen-bond donors (Lipinski definition) is 1. The highest BCUT2D eigenvalue weighted by molar-refractivity contribution is 5.95. The third-order valence-electron chi connectivity index (χ3n) is 3.01. The van der Waals surface area contributed by atoms with Crippen molar-refractivity contribution in [1.82, 2.24) is 5.32 Å². The van der Waals surface area contributed by atoms with Crippen LogP contribution in [-0.2, 0) is 0 Å². The van der Waals surface area contributed by atoms with Crippen LogP contribution >= 0.6 is 0 Å². The predicted molar refractivity (Wildman–Crippen MR) is 80.1 cm³/mol. The number of ether oxygens (including phenoxy) is 1. The van der Waals surface area contributed by atoms with Crippen LogP contribution < -0.4 is 10.1 Å². The zero-order valence-electron chi connectivity index (χ0n) is 11.6. The Labute approximate surface area is 119 Å². The largest absolute Gasteiger partial charge is 0.494 e. The molecule has 0 saturated carbocycles. The monoisotopic (exact) mass is 269 g/mol. The van der Waals surface area contributed by atoms with Gasteiger partial charge in [0, 0.05) is 12.1 Å². The highest BCUT2D eigenvalue weighted by atomic mass is 16.5. The summed E-state index contributed by atoms with van der Waals surface area (Å²) in [4.78, 5) is 11.9. The first-order valence-corrected chi connectivity index (χ1v) is 6.79. The number of carbonyl (C=O) groups is 1. The minimum absolute atomic E-state index is 0.0252. The van der Waals surface area contributed by atoms with E-state index >= 15 is 0 Å². The van der Waals surface area contributed by atoms with Gasteiger partial charge in [0.1, 0.15) is 5.75 Å². The molecule has 0 aromatic heterocycles. The number of hydrogen-bond acceptors (Lipinski definition) is 2. The number of carbonyl (C=O) groups excluding carboxylic acids is 1. The molecule has 0 aliphatic rings. The molecular weight excluding hydrogens is 250 g/mol. The van der Waals surface area contributed by atoms with E-state index in [-0.39, 0.29) is 5.91 Å². The fourth-order valence-corrected chi connectivity index (χ4v) is 1.90. The van der Waals surface area contributed by atoms with E-state index in [1.54, 1.807) is 0 Å². The van der Waals surface area contributed by atoms with Crippen molar-refractivity contribution in [2.24, 2.45) is 0 Å². The molecule has 0 aliphatic carbocycles. The molecule has 104 valence electrons. The molecule has 1 amide bonds. The number of para-hydroxylation sites is 1. The molecule has 20 heavy (non-hydrogen) atoms. The lowest BCUT2D eigenvalue weighted by Gasteiger charge is -2.08. The summed E-state index contributed by atoms with van der Waals surface area (Å²) in [5.41, 5.74) is 1.72. The van der Waals surface area contributed by atoms with Crippen LogP contribution in [-0.4, -0.2) is 19.1 Å². The lowest BCUT2D eigenvalue weighted by molar-refractivity contribution is 0.0951. The van der Waals surface area contributed by atoms with Crippen molar-refractivity contribution in [3.8, 4) is 5.75 Å². The molecule has 0 spiro atoms. The fraction of sp³-hybridized carbons (Fsp3) is 0.235. The van der Waals surface area contributed by atoms with Crippen molar-refractivity contribution in [2.75, 3.05) is 13.2 Å². The van der Waals surface area contributed by atoms with Crippen molar-refractivity contribution in [1.29, 1.82) is 0 Å². The van der Waals surface area contributed by atoms with Crippen molar-refractivity contribution in [3.05, 3.63) is 65.7 Å². The maximum Gasteiger partial charge on any atom is 0.251 e. The summed E-state index contributed by atoms with van der Waals surface area (Å²) in [5, 5.41) is 2.91. The summed E-state index contributed by atoms with van der Waals surface area (Å²) in [5.74, 6) is 0.834. The molecule has 3 nitrogen and oxygen atoms in total. The second-order valence-electron chi connectivity index (χ2n) is 4.59. The van der Waals surface area contributed by atoms with E-state index < -0.39 is 0 Å². The lowest BCUT2D eigenvalue weighted by Crippen LogP contribution is -2.26. The van der Waals surface area contributed by atoms with E-state index in [0.717, 1.165) is 23.3 Å². The van der Waals surface area contributed by atoms with Gasteiger partial charge in [0.25, 0.3) is 5.91 Å². The van der Waals surface area contributed by atoms with Gasteiger partial charge in [-0.1, -0.05) is 36.4 Å². The normalized spacial score (nSPS) is 10.1. The van der Waals surface area contributed by atoms with Gasteiger partial charge in [0.05, 0.1) is 6.61 Å². The first kappa shape index (κ1) is 14.1.